The lowest BCUT2D eigenvalue weighted by Crippen LogP contribution is -2.38. The first-order valence-electron chi connectivity index (χ1n) is 10.5. The summed E-state index contributed by atoms with van der Waals surface area (Å²) < 4.78 is 6.10. The van der Waals surface area contributed by atoms with Crippen molar-refractivity contribution >= 4 is 22.8 Å². The maximum atomic E-state index is 12.2. The molecule has 0 saturated carbocycles. The van der Waals surface area contributed by atoms with E-state index in [1.54, 1.807) is 0 Å². The molecule has 28 heavy (non-hydrogen) atoms. The molecule has 1 aliphatic heterocycles. The minimum atomic E-state index is -0.398. The van der Waals surface area contributed by atoms with Gasteiger partial charge in [-0.25, -0.2) is 5.43 Å². The van der Waals surface area contributed by atoms with Gasteiger partial charge in [0.2, 0.25) is 0 Å². The molecule has 0 spiro atoms. The van der Waals surface area contributed by atoms with Crippen molar-refractivity contribution in [3.05, 3.63) is 47.5 Å². The van der Waals surface area contributed by atoms with E-state index in [0.29, 0.717) is 0 Å². The van der Waals surface area contributed by atoms with E-state index in [0.717, 1.165) is 40.7 Å². The van der Waals surface area contributed by atoms with Crippen LogP contribution < -0.4 is 15.6 Å². The molecule has 1 amide bonds. The number of benzene rings is 2. The lowest BCUT2D eigenvalue weighted by Gasteiger charge is -2.17. The zero-order valence-electron chi connectivity index (χ0n) is 17.3. The number of hydrazine groups is 1. The van der Waals surface area contributed by atoms with Gasteiger partial charge in [-0.05, 0) is 43.4 Å². The monoisotopic (exact) mass is 380 g/mol. The van der Waals surface area contributed by atoms with E-state index in [-0.39, 0.29) is 5.91 Å². The predicted octanol–water partition coefficient (Wildman–Crippen LogP) is 5.38. The van der Waals surface area contributed by atoms with Crippen molar-refractivity contribution in [3.63, 3.8) is 0 Å². The van der Waals surface area contributed by atoms with E-state index < -0.39 is 5.54 Å². The highest BCUT2D eigenvalue weighted by atomic mass is 16.5. The van der Waals surface area contributed by atoms with Gasteiger partial charge in [0.05, 0.1) is 12.1 Å². The molecule has 0 unspecified atom stereocenters. The second kappa shape index (κ2) is 9.24. The molecular weight excluding hydrogens is 348 g/mol. The van der Waals surface area contributed by atoms with Crippen LogP contribution in [0.1, 0.15) is 64.9 Å². The third-order valence-electron chi connectivity index (χ3n) is 5.38. The summed E-state index contributed by atoms with van der Waals surface area (Å²) in [4.78, 5) is 12.2. The average Bonchev–Trinajstić information content (AvgIpc) is 2.95. The van der Waals surface area contributed by atoms with Gasteiger partial charge in [-0.2, -0.15) is 0 Å². The summed E-state index contributed by atoms with van der Waals surface area (Å²) in [6.07, 6.45) is 9.50. The molecule has 2 aromatic carbocycles. The Morgan fingerprint density at radius 2 is 1.68 bits per heavy atom. The number of carbonyl (C=O) groups excluding carboxylic acids is 1. The molecule has 0 radical (unpaired) electrons. The Kier molecular flexibility index (Phi) is 6.74. The highest BCUT2D eigenvalue weighted by Gasteiger charge is 2.35. The van der Waals surface area contributed by atoms with E-state index in [9.17, 15) is 4.79 Å². The van der Waals surface area contributed by atoms with Crippen LogP contribution in [0.2, 0.25) is 0 Å². The fourth-order valence-corrected chi connectivity index (χ4v) is 3.64. The molecule has 0 aromatic heterocycles. The van der Waals surface area contributed by atoms with Crippen LogP contribution in [-0.4, -0.2) is 18.1 Å². The fourth-order valence-electron chi connectivity index (χ4n) is 3.64. The highest BCUT2D eigenvalue weighted by Crippen LogP contribution is 2.32. The SMILES string of the molecule is CCCCCCCCOc1ccc(/C=C2\C(=O)NNC2(C)C)c2ccccc12. The molecule has 1 fully saturated rings. The second-order valence-corrected chi connectivity index (χ2v) is 8.08. The summed E-state index contributed by atoms with van der Waals surface area (Å²) in [5, 5.41) is 2.19. The van der Waals surface area contributed by atoms with Crippen LogP contribution in [0.3, 0.4) is 0 Å². The predicted molar refractivity (Wildman–Crippen MR) is 116 cm³/mol. The number of ether oxygens (including phenoxy) is 1. The van der Waals surface area contributed by atoms with Crippen molar-refractivity contribution in [2.45, 2.75) is 64.8 Å². The summed E-state index contributed by atoms with van der Waals surface area (Å²) in [5.41, 5.74) is 7.11. The quantitative estimate of drug-likeness (QED) is 0.454. The lowest BCUT2D eigenvalue weighted by atomic mass is 9.92. The molecule has 2 aromatic rings. The molecule has 1 aliphatic rings. The molecule has 150 valence electrons. The number of hydrogen-bond acceptors (Lipinski definition) is 3. The minimum absolute atomic E-state index is 0.0718. The van der Waals surface area contributed by atoms with Crippen molar-refractivity contribution in [1.82, 2.24) is 10.9 Å². The fraction of sp³-hybridized carbons (Fsp3) is 0.458. The normalized spacial score (nSPS) is 17.2. The molecule has 0 atom stereocenters. The molecule has 2 N–H and O–H groups in total. The summed E-state index contributed by atoms with van der Waals surface area (Å²) in [7, 11) is 0. The highest BCUT2D eigenvalue weighted by molar-refractivity contribution is 6.04. The third kappa shape index (κ3) is 4.74. The number of carbonyl (C=O) groups is 1. The van der Waals surface area contributed by atoms with Gasteiger partial charge in [0.25, 0.3) is 5.91 Å². The van der Waals surface area contributed by atoms with Gasteiger partial charge in [0, 0.05) is 11.0 Å². The number of hydrogen-bond donors (Lipinski definition) is 2. The van der Waals surface area contributed by atoms with Crippen LogP contribution in [0.15, 0.2) is 42.0 Å². The van der Waals surface area contributed by atoms with Crippen molar-refractivity contribution in [3.8, 4) is 5.75 Å². The van der Waals surface area contributed by atoms with Gasteiger partial charge in [-0.3, -0.25) is 10.2 Å². The van der Waals surface area contributed by atoms with Gasteiger partial charge < -0.3 is 4.74 Å². The Hall–Kier alpha value is -2.33. The summed E-state index contributed by atoms with van der Waals surface area (Å²) in [5.74, 6) is 0.844. The van der Waals surface area contributed by atoms with Gasteiger partial charge in [-0.1, -0.05) is 69.4 Å². The van der Waals surface area contributed by atoms with Crippen LogP contribution in [0.4, 0.5) is 0 Å². The maximum Gasteiger partial charge on any atom is 0.263 e. The Morgan fingerprint density at radius 3 is 2.39 bits per heavy atom. The average molecular weight is 381 g/mol. The molecule has 3 rings (SSSR count). The Balaban J connectivity index is 1.75. The zero-order chi connectivity index (χ0) is 20.0. The first kappa shape index (κ1) is 20.4. The topological polar surface area (TPSA) is 50.4 Å². The Labute approximate surface area is 168 Å². The first-order valence-corrected chi connectivity index (χ1v) is 10.5. The standard InChI is InChI=1S/C24H32N2O2/c1-4-5-6-7-8-11-16-28-22-15-14-18(19-12-9-10-13-20(19)22)17-21-23(27)25-26-24(21,2)3/h9-10,12-15,17,26H,4-8,11,16H2,1-3H3,(H,25,27)/b21-17+. The van der Waals surface area contributed by atoms with Crippen LogP contribution in [-0.2, 0) is 4.79 Å². The van der Waals surface area contributed by atoms with Gasteiger partial charge >= 0.3 is 0 Å². The number of nitrogens with one attached hydrogen (secondary N) is 2. The van der Waals surface area contributed by atoms with Gasteiger partial charge in [-0.15, -0.1) is 0 Å². The molecule has 1 heterocycles. The Morgan fingerprint density at radius 1 is 0.964 bits per heavy atom. The largest absolute Gasteiger partial charge is 0.493 e. The van der Waals surface area contributed by atoms with Gasteiger partial charge in [0.1, 0.15) is 5.75 Å². The van der Waals surface area contributed by atoms with Crippen LogP contribution in [0, 0.1) is 0 Å². The molecule has 0 aliphatic carbocycles. The smallest absolute Gasteiger partial charge is 0.263 e. The second-order valence-electron chi connectivity index (χ2n) is 8.08. The van der Waals surface area contributed by atoms with Crippen molar-refractivity contribution in [1.29, 1.82) is 0 Å². The minimum Gasteiger partial charge on any atom is -0.493 e. The van der Waals surface area contributed by atoms with E-state index in [1.807, 2.05) is 44.2 Å². The Bertz CT molecular complexity index is 855. The molecular formula is C24H32N2O2. The first-order chi connectivity index (χ1) is 13.5. The van der Waals surface area contributed by atoms with Crippen LogP contribution >= 0.6 is 0 Å². The summed E-state index contributed by atoms with van der Waals surface area (Å²) in [6.45, 7) is 6.98. The maximum absolute atomic E-state index is 12.2. The molecule has 4 nitrogen and oxygen atoms in total. The van der Waals surface area contributed by atoms with E-state index in [2.05, 4.69) is 29.9 Å². The van der Waals surface area contributed by atoms with E-state index >= 15 is 0 Å². The molecule has 0 bridgehead atoms. The van der Waals surface area contributed by atoms with Crippen LogP contribution in [0.5, 0.6) is 5.75 Å². The number of rotatable bonds is 9. The van der Waals surface area contributed by atoms with Gasteiger partial charge in [0.15, 0.2) is 0 Å². The number of fused-ring (bicyclic) bond motifs is 1. The van der Waals surface area contributed by atoms with E-state index in [4.69, 9.17) is 4.74 Å². The molecule has 1 saturated heterocycles. The zero-order valence-corrected chi connectivity index (χ0v) is 17.3. The lowest BCUT2D eigenvalue weighted by molar-refractivity contribution is -0.116. The number of unbranched alkanes of at least 4 members (excludes halogenated alkanes) is 5. The van der Waals surface area contributed by atoms with Crippen molar-refractivity contribution in [2.24, 2.45) is 0 Å². The summed E-state index contributed by atoms with van der Waals surface area (Å²) in [6, 6.07) is 12.3. The molecule has 4 heteroatoms. The van der Waals surface area contributed by atoms with Crippen molar-refractivity contribution in [2.75, 3.05) is 6.61 Å². The van der Waals surface area contributed by atoms with Crippen molar-refractivity contribution < 1.29 is 9.53 Å². The number of amides is 1. The third-order valence-corrected chi connectivity index (χ3v) is 5.38. The van der Waals surface area contributed by atoms with E-state index in [1.165, 1.54) is 32.1 Å². The van der Waals surface area contributed by atoms with Crippen LogP contribution in [0.25, 0.3) is 16.8 Å². The summed E-state index contributed by atoms with van der Waals surface area (Å²) >= 11 is 0.